The highest BCUT2D eigenvalue weighted by molar-refractivity contribution is 7.13. The largest absolute Gasteiger partial charge is 0.488 e. The zero-order chi connectivity index (χ0) is 20.3. The third-order valence-corrected chi connectivity index (χ3v) is 5.43. The summed E-state index contributed by atoms with van der Waals surface area (Å²) < 4.78 is 6.20. The Morgan fingerprint density at radius 1 is 1.14 bits per heavy atom. The summed E-state index contributed by atoms with van der Waals surface area (Å²) in [6, 6.07) is 14.3. The lowest BCUT2D eigenvalue weighted by Crippen LogP contribution is -2.14. The number of hydrogen-bond donors (Lipinski definition) is 1. The summed E-state index contributed by atoms with van der Waals surface area (Å²) in [5, 5.41) is 11.5. The maximum atomic E-state index is 10.8. The van der Waals surface area contributed by atoms with Gasteiger partial charge in [0.2, 0.25) is 0 Å². The maximum absolute atomic E-state index is 10.8. The first-order chi connectivity index (χ1) is 13.2. The van der Waals surface area contributed by atoms with Crippen LogP contribution in [-0.2, 0) is 23.2 Å². The molecule has 0 saturated carbocycles. The first-order valence-electron chi connectivity index (χ1n) is 9.22. The van der Waals surface area contributed by atoms with E-state index >= 15 is 0 Å². The van der Waals surface area contributed by atoms with E-state index < -0.39 is 5.97 Å². The number of para-hydroxylation sites is 1. The monoisotopic (exact) mass is 395 g/mol. The molecule has 0 saturated heterocycles. The molecule has 0 bridgehead atoms. The second kappa shape index (κ2) is 8.15. The average molecular weight is 396 g/mol. The number of carboxylic acids is 1. The Morgan fingerprint density at radius 3 is 2.50 bits per heavy atom. The number of benzene rings is 2. The number of thiazole rings is 1. The van der Waals surface area contributed by atoms with Crippen molar-refractivity contribution in [2.45, 2.75) is 46.1 Å². The molecule has 0 unspecified atom stereocenters. The molecule has 1 heterocycles. The van der Waals surface area contributed by atoms with Crippen molar-refractivity contribution in [1.82, 2.24) is 4.98 Å². The lowest BCUT2D eigenvalue weighted by Gasteiger charge is -2.24. The molecule has 1 aromatic heterocycles. The minimum Gasteiger partial charge on any atom is -0.488 e. The van der Waals surface area contributed by atoms with Crippen LogP contribution < -0.4 is 4.74 Å². The Bertz CT molecular complexity index is 968. The third-order valence-electron chi connectivity index (χ3n) is 4.49. The van der Waals surface area contributed by atoms with E-state index in [1.165, 1.54) is 16.9 Å². The highest BCUT2D eigenvalue weighted by Gasteiger charge is 2.20. The topological polar surface area (TPSA) is 59.4 Å². The molecule has 0 spiro atoms. The van der Waals surface area contributed by atoms with E-state index in [1.807, 2.05) is 24.3 Å². The number of rotatable bonds is 6. The van der Waals surface area contributed by atoms with Crippen molar-refractivity contribution in [3.8, 4) is 16.3 Å². The van der Waals surface area contributed by atoms with Crippen LogP contribution in [0.1, 0.15) is 43.2 Å². The number of carbonyl (C=O) groups is 1. The molecule has 2 aromatic carbocycles. The maximum Gasteiger partial charge on any atom is 0.309 e. The van der Waals surface area contributed by atoms with Crippen LogP contribution in [0.5, 0.6) is 5.75 Å². The summed E-state index contributed by atoms with van der Waals surface area (Å²) in [5.74, 6) is 0.0903. The van der Waals surface area contributed by atoms with Crippen molar-refractivity contribution in [2.24, 2.45) is 0 Å². The van der Waals surface area contributed by atoms with E-state index in [-0.39, 0.29) is 11.8 Å². The lowest BCUT2D eigenvalue weighted by molar-refractivity contribution is -0.136. The van der Waals surface area contributed by atoms with Gasteiger partial charge in [-0.05, 0) is 29.0 Å². The van der Waals surface area contributed by atoms with Gasteiger partial charge >= 0.3 is 5.97 Å². The van der Waals surface area contributed by atoms with Crippen LogP contribution in [0.2, 0.25) is 0 Å². The summed E-state index contributed by atoms with van der Waals surface area (Å²) in [4.78, 5) is 15.2. The summed E-state index contributed by atoms with van der Waals surface area (Å²) in [5.41, 5.74) is 5.01. The van der Waals surface area contributed by atoms with Crippen LogP contribution in [-0.4, -0.2) is 16.1 Å². The van der Waals surface area contributed by atoms with Crippen LogP contribution >= 0.6 is 11.3 Å². The number of aliphatic carboxylic acids is 1. The predicted octanol–water partition coefficient (Wildman–Crippen LogP) is 5.62. The molecule has 3 aromatic rings. The van der Waals surface area contributed by atoms with Crippen LogP contribution in [0.25, 0.3) is 10.6 Å². The minimum absolute atomic E-state index is 0.0176. The molecule has 0 aliphatic rings. The molecule has 4 nitrogen and oxygen atoms in total. The van der Waals surface area contributed by atoms with Crippen LogP contribution in [0.3, 0.4) is 0 Å². The normalized spacial score (nSPS) is 11.4. The van der Waals surface area contributed by atoms with E-state index in [1.54, 1.807) is 5.38 Å². The number of carboxylic acid groups (broad SMARTS) is 1. The molecular weight excluding hydrogens is 370 g/mol. The van der Waals surface area contributed by atoms with Gasteiger partial charge in [-0.2, -0.15) is 0 Å². The number of ether oxygens (including phenoxy) is 1. The highest BCUT2D eigenvalue weighted by atomic mass is 32.1. The van der Waals surface area contributed by atoms with E-state index in [2.05, 4.69) is 50.9 Å². The fraction of sp³-hybridized carbons (Fsp3) is 0.304. The summed E-state index contributed by atoms with van der Waals surface area (Å²) >= 11 is 1.46. The minimum atomic E-state index is -0.866. The zero-order valence-corrected chi connectivity index (χ0v) is 17.5. The molecule has 0 amide bonds. The molecule has 1 N–H and O–H groups in total. The Morgan fingerprint density at radius 2 is 1.86 bits per heavy atom. The van der Waals surface area contributed by atoms with Gasteiger partial charge in [0.25, 0.3) is 0 Å². The second-order valence-electron chi connectivity index (χ2n) is 7.90. The molecule has 0 radical (unpaired) electrons. The van der Waals surface area contributed by atoms with Gasteiger partial charge in [-0.3, -0.25) is 4.79 Å². The van der Waals surface area contributed by atoms with Crippen molar-refractivity contribution in [2.75, 3.05) is 0 Å². The Labute approximate surface area is 169 Å². The Balaban J connectivity index is 1.72. The zero-order valence-electron chi connectivity index (χ0n) is 16.7. The van der Waals surface area contributed by atoms with Crippen LogP contribution in [0.15, 0.2) is 47.8 Å². The molecule has 0 atom stereocenters. The number of aromatic nitrogens is 1. The van der Waals surface area contributed by atoms with Gasteiger partial charge in [-0.25, -0.2) is 4.98 Å². The van der Waals surface area contributed by atoms with Crippen molar-refractivity contribution >= 4 is 17.3 Å². The molecule has 0 aliphatic heterocycles. The van der Waals surface area contributed by atoms with Gasteiger partial charge in [0.05, 0.1) is 12.1 Å². The Kier molecular flexibility index (Phi) is 5.84. The average Bonchev–Trinajstić information content (AvgIpc) is 3.08. The van der Waals surface area contributed by atoms with Gasteiger partial charge in [0.1, 0.15) is 17.4 Å². The van der Waals surface area contributed by atoms with E-state index in [4.69, 9.17) is 9.84 Å². The standard InChI is InChI=1S/C23H25NO3S/c1-15-6-5-7-19(23(2,3)4)21(15)27-13-16-8-10-17(11-9-16)22-24-18(14-28-22)12-20(25)26/h5-11,14H,12-13H2,1-4H3,(H,25,26). The summed E-state index contributed by atoms with van der Waals surface area (Å²) in [6.07, 6.45) is -0.0467. The number of aryl methyl sites for hydroxylation is 1. The molecule has 28 heavy (non-hydrogen) atoms. The predicted molar refractivity (Wildman–Crippen MR) is 113 cm³/mol. The van der Waals surface area contributed by atoms with E-state index in [0.29, 0.717) is 12.3 Å². The molecule has 0 aliphatic carbocycles. The van der Waals surface area contributed by atoms with Crippen molar-refractivity contribution in [3.63, 3.8) is 0 Å². The first-order valence-corrected chi connectivity index (χ1v) is 10.1. The molecule has 5 heteroatoms. The highest BCUT2D eigenvalue weighted by Crippen LogP contribution is 2.34. The van der Waals surface area contributed by atoms with Crippen molar-refractivity contribution < 1.29 is 14.6 Å². The van der Waals surface area contributed by atoms with Gasteiger partial charge in [0, 0.05) is 10.9 Å². The fourth-order valence-electron chi connectivity index (χ4n) is 3.01. The quantitative estimate of drug-likeness (QED) is 0.588. The van der Waals surface area contributed by atoms with Gasteiger partial charge < -0.3 is 9.84 Å². The van der Waals surface area contributed by atoms with Crippen LogP contribution in [0.4, 0.5) is 0 Å². The summed E-state index contributed by atoms with van der Waals surface area (Å²) in [7, 11) is 0. The SMILES string of the molecule is Cc1cccc(C(C)(C)C)c1OCc1ccc(-c2nc(CC(=O)O)cs2)cc1. The van der Waals surface area contributed by atoms with E-state index in [9.17, 15) is 4.79 Å². The smallest absolute Gasteiger partial charge is 0.309 e. The first kappa shape index (κ1) is 20.1. The molecule has 3 rings (SSSR count). The van der Waals surface area contributed by atoms with Gasteiger partial charge in [-0.15, -0.1) is 11.3 Å². The van der Waals surface area contributed by atoms with Crippen molar-refractivity contribution in [3.05, 3.63) is 70.2 Å². The van der Waals surface area contributed by atoms with Gasteiger partial charge in [0.15, 0.2) is 0 Å². The van der Waals surface area contributed by atoms with Crippen molar-refractivity contribution in [1.29, 1.82) is 0 Å². The van der Waals surface area contributed by atoms with E-state index in [0.717, 1.165) is 27.4 Å². The van der Waals surface area contributed by atoms with Gasteiger partial charge in [-0.1, -0.05) is 63.2 Å². The number of nitrogens with zero attached hydrogens (tertiary/aromatic N) is 1. The molecule has 146 valence electrons. The summed E-state index contributed by atoms with van der Waals surface area (Å²) in [6.45, 7) is 9.14. The van der Waals surface area contributed by atoms with Crippen LogP contribution in [0, 0.1) is 6.92 Å². The second-order valence-corrected chi connectivity index (χ2v) is 8.76. The molecule has 0 fully saturated rings. The lowest BCUT2D eigenvalue weighted by atomic mass is 9.85. The fourth-order valence-corrected chi connectivity index (χ4v) is 3.84. The third kappa shape index (κ3) is 4.78. The number of hydrogen-bond acceptors (Lipinski definition) is 4. The molecular formula is C23H25NO3S. The Hall–Kier alpha value is -2.66.